The van der Waals surface area contributed by atoms with Gasteiger partial charge in [0.25, 0.3) is 0 Å². The summed E-state index contributed by atoms with van der Waals surface area (Å²) in [5.41, 5.74) is 0. The topological polar surface area (TPSA) is 61.4 Å². The lowest BCUT2D eigenvalue weighted by molar-refractivity contribution is -0.132. The van der Waals surface area contributed by atoms with Gasteiger partial charge in [0.1, 0.15) is 0 Å². The molecule has 0 spiro atoms. The number of amides is 2. The number of hydrogen-bond acceptors (Lipinski definition) is 3. The summed E-state index contributed by atoms with van der Waals surface area (Å²) >= 11 is 0. The quantitative estimate of drug-likeness (QED) is 0.781. The molecule has 5 nitrogen and oxygen atoms in total. The van der Waals surface area contributed by atoms with Crippen LogP contribution in [0.15, 0.2) is 0 Å². The predicted octanol–water partition coefficient (Wildman–Crippen LogP) is 2.06. The summed E-state index contributed by atoms with van der Waals surface area (Å²) < 4.78 is 0. The molecule has 2 saturated heterocycles. The van der Waals surface area contributed by atoms with Crippen LogP contribution in [0.2, 0.25) is 0 Å². The number of carbonyl (C=O) groups is 2. The Morgan fingerprint density at radius 1 is 1.00 bits per heavy atom. The number of piperidine rings is 1. The molecule has 24 heavy (non-hydrogen) atoms. The standard InChI is InChI=1S/C19H33N3O2/c23-18(13-15-3-1-2-4-15)21-17-8-11-22(12-9-17)19(24)6-5-16-7-10-20-14-16/h15-17,20H,1-14H2,(H,21,23). The van der Waals surface area contributed by atoms with Gasteiger partial charge < -0.3 is 15.5 Å². The lowest BCUT2D eigenvalue weighted by atomic mass is 10.00. The Morgan fingerprint density at radius 2 is 1.75 bits per heavy atom. The molecular formula is C19H33N3O2. The number of nitrogens with one attached hydrogen (secondary N) is 2. The molecule has 1 unspecified atom stereocenters. The fraction of sp³-hybridized carbons (Fsp3) is 0.895. The van der Waals surface area contributed by atoms with Gasteiger partial charge in [-0.05, 0) is 63.5 Å². The third-order valence-electron chi connectivity index (χ3n) is 6.09. The van der Waals surface area contributed by atoms with Crippen molar-refractivity contribution in [3.05, 3.63) is 0 Å². The second-order valence-corrected chi connectivity index (χ2v) is 7.97. The number of carbonyl (C=O) groups excluding carboxylic acids is 2. The third-order valence-corrected chi connectivity index (χ3v) is 6.09. The highest BCUT2D eigenvalue weighted by Gasteiger charge is 2.26. The summed E-state index contributed by atoms with van der Waals surface area (Å²) in [7, 11) is 0. The highest BCUT2D eigenvalue weighted by atomic mass is 16.2. The maximum Gasteiger partial charge on any atom is 0.222 e. The van der Waals surface area contributed by atoms with Crippen molar-refractivity contribution in [2.24, 2.45) is 11.8 Å². The summed E-state index contributed by atoms with van der Waals surface area (Å²) in [5.74, 6) is 1.82. The molecule has 1 aliphatic carbocycles. The summed E-state index contributed by atoms with van der Waals surface area (Å²) in [6, 6.07) is 0.266. The summed E-state index contributed by atoms with van der Waals surface area (Å²) in [6.07, 6.45) is 10.4. The minimum Gasteiger partial charge on any atom is -0.353 e. The van der Waals surface area contributed by atoms with Crippen molar-refractivity contribution in [3.63, 3.8) is 0 Å². The highest BCUT2D eigenvalue weighted by molar-refractivity contribution is 5.77. The van der Waals surface area contributed by atoms with Crippen molar-refractivity contribution in [2.75, 3.05) is 26.2 Å². The molecule has 3 fully saturated rings. The zero-order valence-corrected chi connectivity index (χ0v) is 14.9. The van der Waals surface area contributed by atoms with Crippen molar-refractivity contribution in [3.8, 4) is 0 Å². The van der Waals surface area contributed by atoms with Gasteiger partial charge in [-0.25, -0.2) is 0 Å². The average molecular weight is 335 g/mol. The number of nitrogens with zero attached hydrogens (tertiary/aromatic N) is 1. The van der Waals surface area contributed by atoms with E-state index in [0.717, 1.165) is 45.4 Å². The van der Waals surface area contributed by atoms with Crippen LogP contribution in [0.25, 0.3) is 0 Å². The van der Waals surface area contributed by atoms with Crippen LogP contribution < -0.4 is 10.6 Å². The van der Waals surface area contributed by atoms with E-state index in [1.807, 2.05) is 4.90 Å². The van der Waals surface area contributed by atoms with Gasteiger partial charge in [-0.1, -0.05) is 12.8 Å². The fourth-order valence-corrected chi connectivity index (χ4v) is 4.48. The number of rotatable bonds is 6. The number of likely N-dealkylation sites (tertiary alicyclic amines) is 1. The molecule has 0 aromatic rings. The Labute approximate surface area is 145 Å². The molecule has 3 aliphatic rings. The lowest BCUT2D eigenvalue weighted by Gasteiger charge is -2.33. The SMILES string of the molecule is O=C(CC1CCCC1)NC1CCN(C(=O)CCC2CCNC2)CC1. The van der Waals surface area contributed by atoms with Gasteiger partial charge in [0.2, 0.25) is 11.8 Å². The molecule has 2 heterocycles. The molecule has 0 radical (unpaired) electrons. The van der Waals surface area contributed by atoms with Gasteiger partial charge in [0, 0.05) is 32.0 Å². The fourth-order valence-electron chi connectivity index (χ4n) is 4.48. The van der Waals surface area contributed by atoms with Gasteiger partial charge in [-0.2, -0.15) is 0 Å². The zero-order chi connectivity index (χ0) is 16.8. The van der Waals surface area contributed by atoms with Gasteiger partial charge in [0.05, 0.1) is 0 Å². The Kier molecular flexibility index (Phi) is 6.52. The zero-order valence-electron chi connectivity index (χ0n) is 14.9. The largest absolute Gasteiger partial charge is 0.353 e. The maximum absolute atomic E-state index is 12.3. The van der Waals surface area contributed by atoms with Gasteiger partial charge in [-0.3, -0.25) is 9.59 Å². The molecule has 136 valence electrons. The number of hydrogen-bond donors (Lipinski definition) is 2. The molecule has 0 aromatic carbocycles. The summed E-state index contributed by atoms with van der Waals surface area (Å²) in [5, 5.41) is 6.56. The van der Waals surface area contributed by atoms with Crippen LogP contribution >= 0.6 is 0 Å². The first kappa shape index (κ1) is 17.7. The smallest absolute Gasteiger partial charge is 0.222 e. The monoisotopic (exact) mass is 335 g/mol. The molecule has 3 rings (SSSR count). The molecule has 2 N–H and O–H groups in total. The molecule has 2 aliphatic heterocycles. The van der Waals surface area contributed by atoms with E-state index in [2.05, 4.69) is 10.6 Å². The van der Waals surface area contributed by atoms with Crippen molar-refractivity contribution >= 4 is 11.8 Å². The first-order chi connectivity index (χ1) is 11.7. The predicted molar refractivity (Wildman–Crippen MR) is 94.5 cm³/mol. The second kappa shape index (κ2) is 8.84. The van der Waals surface area contributed by atoms with Crippen LogP contribution in [-0.4, -0.2) is 48.9 Å². The van der Waals surface area contributed by atoms with E-state index in [9.17, 15) is 9.59 Å². The first-order valence-electron chi connectivity index (χ1n) is 9.98. The average Bonchev–Trinajstić information content (AvgIpc) is 3.27. The molecule has 5 heteroatoms. The maximum atomic E-state index is 12.3. The van der Waals surface area contributed by atoms with E-state index in [1.165, 1.54) is 32.1 Å². The van der Waals surface area contributed by atoms with Crippen molar-refractivity contribution < 1.29 is 9.59 Å². The lowest BCUT2D eigenvalue weighted by Crippen LogP contribution is -2.46. The molecule has 0 aromatic heterocycles. The Hall–Kier alpha value is -1.10. The van der Waals surface area contributed by atoms with Gasteiger partial charge in [0.15, 0.2) is 0 Å². The van der Waals surface area contributed by atoms with Crippen molar-refractivity contribution in [1.29, 1.82) is 0 Å². The molecule has 2 amide bonds. The minimum absolute atomic E-state index is 0.223. The molecular weight excluding hydrogens is 302 g/mol. The van der Waals surface area contributed by atoms with Crippen molar-refractivity contribution in [2.45, 2.75) is 70.3 Å². The second-order valence-electron chi connectivity index (χ2n) is 7.97. The van der Waals surface area contributed by atoms with Crippen LogP contribution in [-0.2, 0) is 9.59 Å². The first-order valence-corrected chi connectivity index (χ1v) is 9.98. The van der Waals surface area contributed by atoms with E-state index in [-0.39, 0.29) is 11.9 Å². The van der Waals surface area contributed by atoms with Crippen molar-refractivity contribution in [1.82, 2.24) is 15.5 Å². The molecule has 1 saturated carbocycles. The van der Waals surface area contributed by atoms with E-state index < -0.39 is 0 Å². The van der Waals surface area contributed by atoms with Crippen LogP contribution in [0, 0.1) is 11.8 Å². The van der Waals surface area contributed by atoms with E-state index in [0.29, 0.717) is 30.6 Å². The Morgan fingerprint density at radius 3 is 2.42 bits per heavy atom. The van der Waals surface area contributed by atoms with Gasteiger partial charge in [-0.15, -0.1) is 0 Å². The Balaban J connectivity index is 1.31. The Bertz CT molecular complexity index is 420. The third kappa shape index (κ3) is 5.20. The summed E-state index contributed by atoms with van der Waals surface area (Å²) in [6.45, 7) is 3.78. The molecule has 1 atom stereocenters. The van der Waals surface area contributed by atoms with Crippen LogP contribution in [0.1, 0.15) is 64.2 Å². The normalized spacial score (nSPS) is 26.0. The minimum atomic E-state index is 0.223. The summed E-state index contributed by atoms with van der Waals surface area (Å²) in [4.78, 5) is 26.5. The van der Waals surface area contributed by atoms with Crippen LogP contribution in [0.4, 0.5) is 0 Å². The van der Waals surface area contributed by atoms with E-state index >= 15 is 0 Å². The van der Waals surface area contributed by atoms with E-state index in [4.69, 9.17) is 0 Å². The van der Waals surface area contributed by atoms with Crippen LogP contribution in [0.3, 0.4) is 0 Å². The highest BCUT2D eigenvalue weighted by Crippen LogP contribution is 2.27. The molecule has 0 bridgehead atoms. The van der Waals surface area contributed by atoms with E-state index in [1.54, 1.807) is 0 Å². The van der Waals surface area contributed by atoms with Crippen LogP contribution in [0.5, 0.6) is 0 Å². The van der Waals surface area contributed by atoms with Gasteiger partial charge >= 0.3 is 0 Å².